The summed E-state index contributed by atoms with van der Waals surface area (Å²) in [5.41, 5.74) is 8.01. The topological polar surface area (TPSA) is 35.2 Å². The van der Waals surface area contributed by atoms with Crippen LogP contribution in [-0.2, 0) is 6.42 Å². The number of hydrogen-bond acceptors (Lipinski definition) is 2. The minimum atomic E-state index is -0.0226. The summed E-state index contributed by atoms with van der Waals surface area (Å²) in [7, 11) is 0. The summed E-state index contributed by atoms with van der Waals surface area (Å²) in [6.45, 7) is 2.68. The van der Waals surface area contributed by atoms with Crippen LogP contribution in [0, 0.1) is 0 Å². The van der Waals surface area contributed by atoms with Crippen LogP contribution in [0.25, 0.3) is 0 Å². The largest absolute Gasteiger partial charge is 0.493 e. The lowest BCUT2D eigenvalue weighted by atomic mass is 10.0. The average molecular weight is 198 g/mol. The second kappa shape index (κ2) is 3.20. The van der Waals surface area contributed by atoms with Gasteiger partial charge in [0.2, 0.25) is 0 Å². The molecular formula is C10H12ClNO. The van der Waals surface area contributed by atoms with E-state index >= 15 is 0 Å². The SMILES string of the molecule is C[C@H](N)c1cc(Cl)cc2c1OCC2. The summed E-state index contributed by atoms with van der Waals surface area (Å²) in [6, 6.07) is 3.82. The van der Waals surface area contributed by atoms with Gasteiger partial charge >= 0.3 is 0 Å². The fourth-order valence-electron chi connectivity index (χ4n) is 1.64. The highest BCUT2D eigenvalue weighted by Crippen LogP contribution is 2.35. The van der Waals surface area contributed by atoms with E-state index < -0.39 is 0 Å². The van der Waals surface area contributed by atoms with Crippen molar-refractivity contribution in [1.29, 1.82) is 0 Å². The molecule has 0 spiro atoms. The van der Waals surface area contributed by atoms with Gasteiger partial charge in [0.25, 0.3) is 0 Å². The van der Waals surface area contributed by atoms with Gasteiger partial charge in [-0.25, -0.2) is 0 Å². The molecule has 1 heterocycles. The first kappa shape index (κ1) is 8.85. The van der Waals surface area contributed by atoms with Crippen molar-refractivity contribution in [3.05, 3.63) is 28.3 Å². The standard InChI is InChI=1S/C10H12ClNO/c1-6(12)9-5-8(11)4-7-2-3-13-10(7)9/h4-6H,2-3,12H2,1H3/t6-/m0/s1. The lowest BCUT2D eigenvalue weighted by Crippen LogP contribution is -2.06. The minimum absolute atomic E-state index is 0.0226. The molecule has 70 valence electrons. The van der Waals surface area contributed by atoms with Gasteiger partial charge in [0.05, 0.1) is 6.61 Å². The Hall–Kier alpha value is -0.730. The Morgan fingerprint density at radius 3 is 3.00 bits per heavy atom. The molecule has 1 aromatic rings. The Morgan fingerprint density at radius 1 is 1.54 bits per heavy atom. The molecule has 2 N–H and O–H groups in total. The molecule has 0 aromatic heterocycles. The van der Waals surface area contributed by atoms with E-state index in [4.69, 9.17) is 22.1 Å². The summed E-state index contributed by atoms with van der Waals surface area (Å²) in [4.78, 5) is 0. The molecule has 0 bridgehead atoms. The maximum atomic E-state index is 5.96. The zero-order valence-electron chi connectivity index (χ0n) is 7.51. The second-order valence-electron chi connectivity index (χ2n) is 3.37. The van der Waals surface area contributed by atoms with Crippen molar-refractivity contribution < 1.29 is 4.74 Å². The number of fused-ring (bicyclic) bond motifs is 1. The van der Waals surface area contributed by atoms with E-state index in [-0.39, 0.29) is 6.04 Å². The van der Waals surface area contributed by atoms with Gasteiger partial charge in [-0.15, -0.1) is 0 Å². The van der Waals surface area contributed by atoms with Gasteiger partial charge in [-0.3, -0.25) is 0 Å². The maximum absolute atomic E-state index is 5.96. The molecule has 0 radical (unpaired) electrons. The molecule has 1 atom stereocenters. The molecule has 13 heavy (non-hydrogen) atoms. The van der Waals surface area contributed by atoms with E-state index in [2.05, 4.69) is 0 Å². The molecule has 1 aromatic carbocycles. The fourth-order valence-corrected chi connectivity index (χ4v) is 1.89. The van der Waals surface area contributed by atoms with Crippen LogP contribution in [0.3, 0.4) is 0 Å². The number of halogens is 1. The molecule has 0 aliphatic carbocycles. The van der Waals surface area contributed by atoms with Crippen LogP contribution >= 0.6 is 11.6 Å². The number of hydrogen-bond donors (Lipinski definition) is 1. The zero-order valence-corrected chi connectivity index (χ0v) is 8.27. The molecule has 0 saturated heterocycles. The van der Waals surface area contributed by atoms with Crippen LogP contribution in [0.15, 0.2) is 12.1 Å². The lowest BCUT2D eigenvalue weighted by molar-refractivity contribution is 0.352. The molecule has 0 unspecified atom stereocenters. The molecule has 1 aliphatic rings. The van der Waals surface area contributed by atoms with Gasteiger partial charge < -0.3 is 10.5 Å². The molecule has 0 saturated carbocycles. The quantitative estimate of drug-likeness (QED) is 0.750. The fraction of sp³-hybridized carbons (Fsp3) is 0.400. The smallest absolute Gasteiger partial charge is 0.127 e. The first-order valence-corrected chi connectivity index (χ1v) is 4.77. The monoisotopic (exact) mass is 197 g/mol. The Morgan fingerprint density at radius 2 is 2.31 bits per heavy atom. The molecule has 2 nitrogen and oxygen atoms in total. The predicted molar refractivity (Wildman–Crippen MR) is 53.3 cm³/mol. The van der Waals surface area contributed by atoms with Crippen LogP contribution in [0.2, 0.25) is 5.02 Å². The van der Waals surface area contributed by atoms with Gasteiger partial charge in [0, 0.05) is 23.0 Å². The van der Waals surface area contributed by atoms with Crippen molar-refractivity contribution in [2.24, 2.45) is 5.73 Å². The second-order valence-corrected chi connectivity index (χ2v) is 3.81. The summed E-state index contributed by atoms with van der Waals surface area (Å²) >= 11 is 5.96. The van der Waals surface area contributed by atoms with E-state index in [1.165, 1.54) is 5.56 Å². The first-order valence-electron chi connectivity index (χ1n) is 4.39. The van der Waals surface area contributed by atoms with Gasteiger partial charge in [-0.2, -0.15) is 0 Å². The van der Waals surface area contributed by atoms with E-state index in [9.17, 15) is 0 Å². The normalized spacial score (nSPS) is 16.5. The van der Waals surface area contributed by atoms with Crippen LogP contribution in [0.4, 0.5) is 0 Å². The van der Waals surface area contributed by atoms with E-state index in [1.54, 1.807) is 0 Å². The van der Waals surface area contributed by atoms with Gasteiger partial charge in [0.1, 0.15) is 5.75 Å². The van der Waals surface area contributed by atoms with Crippen LogP contribution in [0.5, 0.6) is 5.75 Å². The van der Waals surface area contributed by atoms with Gasteiger partial charge in [-0.1, -0.05) is 11.6 Å². The van der Waals surface area contributed by atoms with E-state index in [1.807, 2.05) is 19.1 Å². The number of ether oxygens (including phenoxy) is 1. The van der Waals surface area contributed by atoms with Crippen molar-refractivity contribution in [3.8, 4) is 5.75 Å². The Balaban J connectivity index is 2.55. The van der Waals surface area contributed by atoms with Crippen LogP contribution in [-0.4, -0.2) is 6.61 Å². The highest BCUT2D eigenvalue weighted by atomic mass is 35.5. The maximum Gasteiger partial charge on any atom is 0.127 e. The van der Waals surface area contributed by atoms with E-state index in [0.717, 1.165) is 29.4 Å². The Kier molecular flexibility index (Phi) is 2.18. The average Bonchev–Trinajstić information content (AvgIpc) is 2.49. The summed E-state index contributed by atoms with van der Waals surface area (Å²) in [5, 5.41) is 0.747. The molecule has 3 heteroatoms. The highest BCUT2D eigenvalue weighted by Gasteiger charge is 2.19. The highest BCUT2D eigenvalue weighted by molar-refractivity contribution is 6.30. The molecule has 2 rings (SSSR count). The molecule has 0 fully saturated rings. The zero-order chi connectivity index (χ0) is 9.42. The van der Waals surface area contributed by atoms with Crippen molar-refractivity contribution in [2.75, 3.05) is 6.61 Å². The number of nitrogens with two attached hydrogens (primary N) is 1. The van der Waals surface area contributed by atoms with E-state index in [0.29, 0.717) is 0 Å². The van der Waals surface area contributed by atoms with Crippen molar-refractivity contribution in [1.82, 2.24) is 0 Å². The minimum Gasteiger partial charge on any atom is -0.493 e. The van der Waals surface area contributed by atoms with Crippen molar-refractivity contribution in [2.45, 2.75) is 19.4 Å². The lowest BCUT2D eigenvalue weighted by Gasteiger charge is -2.11. The van der Waals surface area contributed by atoms with Crippen molar-refractivity contribution in [3.63, 3.8) is 0 Å². The van der Waals surface area contributed by atoms with Gasteiger partial charge in [-0.05, 0) is 24.6 Å². The summed E-state index contributed by atoms with van der Waals surface area (Å²) < 4.78 is 5.51. The third-order valence-corrected chi connectivity index (χ3v) is 2.49. The Bertz CT molecular complexity index is 336. The molecule has 0 amide bonds. The third-order valence-electron chi connectivity index (χ3n) is 2.27. The number of rotatable bonds is 1. The van der Waals surface area contributed by atoms with Crippen LogP contribution in [0.1, 0.15) is 24.1 Å². The Labute approximate surface area is 82.6 Å². The molecule has 1 aliphatic heterocycles. The molecular weight excluding hydrogens is 186 g/mol. The van der Waals surface area contributed by atoms with Crippen LogP contribution < -0.4 is 10.5 Å². The number of benzene rings is 1. The summed E-state index contributed by atoms with van der Waals surface area (Å²) in [6.07, 6.45) is 0.940. The van der Waals surface area contributed by atoms with Gasteiger partial charge in [0.15, 0.2) is 0 Å². The summed E-state index contributed by atoms with van der Waals surface area (Å²) in [5.74, 6) is 0.944. The third kappa shape index (κ3) is 1.52. The van der Waals surface area contributed by atoms with Crippen molar-refractivity contribution >= 4 is 11.6 Å². The first-order chi connectivity index (χ1) is 6.18. The predicted octanol–water partition coefficient (Wildman–Crippen LogP) is 2.29.